The van der Waals surface area contributed by atoms with Gasteiger partial charge in [0, 0.05) is 27.2 Å². The Hall–Kier alpha value is -0.670. The minimum absolute atomic E-state index is 0.562. The van der Waals surface area contributed by atoms with Crippen molar-refractivity contribution in [2.45, 2.75) is 17.2 Å². The average molecular weight is 298 g/mol. The Bertz CT molecular complexity index is 543. The third-order valence-corrected chi connectivity index (χ3v) is 4.18. The van der Waals surface area contributed by atoms with Crippen LogP contribution < -0.4 is 5.73 Å². The van der Waals surface area contributed by atoms with Crippen LogP contribution in [-0.4, -0.2) is 0 Å². The zero-order valence-electron chi connectivity index (χ0n) is 9.70. The van der Waals surface area contributed by atoms with E-state index in [9.17, 15) is 0 Å². The molecule has 1 nitrogen and oxygen atoms in total. The summed E-state index contributed by atoms with van der Waals surface area (Å²) >= 11 is 13.8. The van der Waals surface area contributed by atoms with Gasteiger partial charge in [0.1, 0.15) is 0 Å². The highest BCUT2D eigenvalue weighted by Gasteiger charge is 2.03. The lowest BCUT2D eigenvalue weighted by atomic mass is 10.2. The molecule has 0 aliphatic carbocycles. The molecular formula is C14H13Cl2NS. The molecule has 2 N–H and O–H groups in total. The lowest BCUT2D eigenvalue weighted by molar-refractivity contribution is 1.06. The highest BCUT2D eigenvalue weighted by atomic mass is 35.5. The second-order valence-corrected chi connectivity index (χ2v) is 5.77. The van der Waals surface area contributed by atoms with E-state index in [0.717, 1.165) is 21.9 Å². The molecule has 0 unspecified atom stereocenters. The van der Waals surface area contributed by atoms with Gasteiger partial charge in [0.2, 0.25) is 0 Å². The summed E-state index contributed by atoms with van der Waals surface area (Å²) in [7, 11) is 0. The summed E-state index contributed by atoms with van der Waals surface area (Å²) in [5.41, 5.74) is 7.81. The molecule has 0 radical (unpaired) electrons. The van der Waals surface area contributed by atoms with E-state index < -0.39 is 0 Å². The maximum absolute atomic E-state index is 6.13. The summed E-state index contributed by atoms with van der Waals surface area (Å²) in [6.45, 7) is 0.562. The third kappa shape index (κ3) is 3.66. The summed E-state index contributed by atoms with van der Waals surface area (Å²) in [5.74, 6) is 0.799. The fourth-order valence-corrected chi connectivity index (χ4v) is 3.01. The molecule has 0 aromatic heterocycles. The van der Waals surface area contributed by atoms with E-state index in [1.165, 1.54) is 4.90 Å². The van der Waals surface area contributed by atoms with Crippen LogP contribution in [0.3, 0.4) is 0 Å². The molecule has 94 valence electrons. The van der Waals surface area contributed by atoms with Gasteiger partial charge in [-0.25, -0.2) is 0 Å². The van der Waals surface area contributed by atoms with E-state index in [4.69, 9.17) is 28.9 Å². The largest absolute Gasteiger partial charge is 0.326 e. The van der Waals surface area contributed by atoms with Crippen LogP contribution in [0.4, 0.5) is 0 Å². The van der Waals surface area contributed by atoms with Gasteiger partial charge >= 0.3 is 0 Å². The van der Waals surface area contributed by atoms with Crippen LogP contribution in [0, 0.1) is 0 Å². The van der Waals surface area contributed by atoms with Gasteiger partial charge in [-0.1, -0.05) is 35.3 Å². The molecular weight excluding hydrogens is 285 g/mol. The first kappa shape index (κ1) is 13.8. The predicted octanol–water partition coefficient (Wildman–Crippen LogP) is 4.74. The Labute approximate surface area is 121 Å². The molecule has 0 fully saturated rings. The van der Waals surface area contributed by atoms with Crippen LogP contribution in [0.15, 0.2) is 47.4 Å². The molecule has 0 amide bonds. The first-order valence-electron chi connectivity index (χ1n) is 5.55. The van der Waals surface area contributed by atoms with Gasteiger partial charge in [-0.05, 0) is 41.5 Å². The summed E-state index contributed by atoms with van der Waals surface area (Å²) in [6.07, 6.45) is 0. The molecule has 2 aromatic rings. The minimum atomic E-state index is 0.562. The quantitative estimate of drug-likeness (QED) is 0.825. The standard InChI is InChI=1S/C14H13Cl2NS/c15-12-4-5-14(16)11(7-12)9-18-13-3-1-2-10(6-13)8-17/h1-7H,8-9,17H2. The van der Waals surface area contributed by atoms with Crippen molar-refractivity contribution in [2.75, 3.05) is 0 Å². The van der Waals surface area contributed by atoms with Crippen molar-refractivity contribution in [2.24, 2.45) is 5.73 Å². The molecule has 18 heavy (non-hydrogen) atoms. The van der Waals surface area contributed by atoms with E-state index in [1.54, 1.807) is 17.8 Å². The van der Waals surface area contributed by atoms with Crippen molar-refractivity contribution in [1.82, 2.24) is 0 Å². The van der Waals surface area contributed by atoms with Gasteiger partial charge in [-0.3, -0.25) is 0 Å². The van der Waals surface area contributed by atoms with E-state index in [0.29, 0.717) is 11.6 Å². The molecule has 0 atom stereocenters. The van der Waals surface area contributed by atoms with Crippen molar-refractivity contribution in [1.29, 1.82) is 0 Å². The lowest BCUT2D eigenvalue weighted by Gasteiger charge is -2.06. The Morgan fingerprint density at radius 2 is 1.89 bits per heavy atom. The second kappa shape index (κ2) is 6.48. The number of thioether (sulfide) groups is 1. The van der Waals surface area contributed by atoms with Crippen LogP contribution in [0.2, 0.25) is 10.0 Å². The number of nitrogens with two attached hydrogens (primary N) is 1. The summed E-state index contributed by atoms with van der Waals surface area (Å²) < 4.78 is 0. The number of hydrogen-bond acceptors (Lipinski definition) is 2. The van der Waals surface area contributed by atoms with Crippen LogP contribution in [0.5, 0.6) is 0 Å². The van der Waals surface area contributed by atoms with Gasteiger partial charge in [-0.2, -0.15) is 0 Å². The molecule has 0 bridgehead atoms. The van der Waals surface area contributed by atoms with Crippen molar-refractivity contribution in [3.63, 3.8) is 0 Å². The van der Waals surface area contributed by atoms with Crippen molar-refractivity contribution < 1.29 is 0 Å². The molecule has 0 aliphatic heterocycles. The number of benzene rings is 2. The van der Waals surface area contributed by atoms with Gasteiger partial charge in [-0.15, -0.1) is 11.8 Å². The SMILES string of the molecule is NCc1cccc(SCc2cc(Cl)ccc2Cl)c1. The molecule has 0 aliphatic rings. The molecule has 0 saturated carbocycles. The molecule has 2 aromatic carbocycles. The summed E-state index contributed by atoms with van der Waals surface area (Å²) in [6, 6.07) is 13.7. The monoisotopic (exact) mass is 297 g/mol. The predicted molar refractivity (Wildman–Crippen MR) is 80.4 cm³/mol. The smallest absolute Gasteiger partial charge is 0.0447 e. The molecule has 0 saturated heterocycles. The normalized spacial score (nSPS) is 10.6. The van der Waals surface area contributed by atoms with Gasteiger partial charge in [0.05, 0.1) is 0 Å². The summed E-state index contributed by atoms with van der Waals surface area (Å²) in [4.78, 5) is 1.19. The van der Waals surface area contributed by atoms with Crippen LogP contribution in [0.25, 0.3) is 0 Å². The maximum Gasteiger partial charge on any atom is 0.0447 e. The Morgan fingerprint density at radius 1 is 1.06 bits per heavy atom. The van der Waals surface area contributed by atoms with E-state index in [1.807, 2.05) is 24.3 Å². The lowest BCUT2D eigenvalue weighted by Crippen LogP contribution is -1.95. The number of halogens is 2. The van der Waals surface area contributed by atoms with Crippen LogP contribution in [-0.2, 0) is 12.3 Å². The third-order valence-electron chi connectivity index (χ3n) is 2.54. The Morgan fingerprint density at radius 3 is 2.67 bits per heavy atom. The topological polar surface area (TPSA) is 26.0 Å². The average Bonchev–Trinajstić information content (AvgIpc) is 2.40. The highest BCUT2D eigenvalue weighted by Crippen LogP contribution is 2.29. The van der Waals surface area contributed by atoms with Crippen molar-refractivity contribution >= 4 is 35.0 Å². The molecule has 0 heterocycles. The fourth-order valence-electron chi connectivity index (χ4n) is 1.58. The summed E-state index contributed by atoms with van der Waals surface area (Å²) in [5, 5.41) is 1.47. The van der Waals surface area contributed by atoms with Gasteiger partial charge < -0.3 is 5.73 Å². The van der Waals surface area contributed by atoms with E-state index in [-0.39, 0.29) is 0 Å². The second-order valence-electron chi connectivity index (χ2n) is 3.88. The fraction of sp³-hybridized carbons (Fsp3) is 0.143. The number of hydrogen-bond donors (Lipinski definition) is 1. The van der Waals surface area contributed by atoms with Crippen molar-refractivity contribution in [3.05, 3.63) is 63.6 Å². The molecule has 2 rings (SSSR count). The maximum atomic E-state index is 6.13. The zero-order chi connectivity index (χ0) is 13.0. The van der Waals surface area contributed by atoms with Crippen molar-refractivity contribution in [3.8, 4) is 0 Å². The van der Waals surface area contributed by atoms with Crippen LogP contribution in [0.1, 0.15) is 11.1 Å². The highest BCUT2D eigenvalue weighted by molar-refractivity contribution is 7.98. The zero-order valence-corrected chi connectivity index (χ0v) is 12.0. The first-order valence-corrected chi connectivity index (χ1v) is 7.29. The Balaban J connectivity index is 2.08. The number of rotatable bonds is 4. The first-order chi connectivity index (χ1) is 8.69. The molecule has 0 spiro atoms. The van der Waals surface area contributed by atoms with Gasteiger partial charge in [0.25, 0.3) is 0 Å². The van der Waals surface area contributed by atoms with Crippen LogP contribution >= 0.6 is 35.0 Å². The van der Waals surface area contributed by atoms with E-state index in [2.05, 4.69) is 12.1 Å². The van der Waals surface area contributed by atoms with E-state index >= 15 is 0 Å². The minimum Gasteiger partial charge on any atom is -0.326 e. The Kier molecular flexibility index (Phi) is 4.95. The molecule has 4 heteroatoms. The van der Waals surface area contributed by atoms with Gasteiger partial charge in [0.15, 0.2) is 0 Å².